The minimum absolute atomic E-state index is 0.767. The minimum Gasteiger partial charge on any atom is -0.247 e. The molecular formula is C12H14N2OP+. The molecule has 0 aliphatic heterocycles. The first-order chi connectivity index (χ1) is 7.77. The second kappa shape index (κ2) is 4.62. The topological polar surface area (TPSA) is 59.7 Å². The Hall–Kier alpha value is -1.41. The molecule has 4 heteroatoms. The molecule has 4 N–H and O–H groups in total. The first-order valence-corrected chi connectivity index (χ1v) is 6.82. The monoisotopic (exact) mass is 233 g/mol. The van der Waals surface area contributed by atoms with Crippen LogP contribution in [0.4, 0.5) is 0 Å². The average Bonchev–Trinajstić information content (AvgIpc) is 2.40. The second-order valence-corrected chi connectivity index (χ2v) is 6.13. The van der Waals surface area contributed by atoms with Gasteiger partial charge in [0.05, 0.1) is 10.6 Å². The molecule has 2 aromatic rings. The van der Waals surface area contributed by atoms with Crippen LogP contribution in [0.3, 0.4) is 0 Å². The summed E-state index contributed by atoms with van der Waals surface area (Å²) in [7, 11) is -2.75. The Labute approximate surface area is 94.7 Å². The third kappa shape index (κ3) is 1.93. The molecule has 0 fully saturated rings. The van der Waals surface area contributed by atoms with E-state index in [1.807, 2.05) is 60.7 Å². The number of benzene rings is 2. The third-order valence-corrected chi connectivity index (χ3v) is 5.04. The molecule has 0 amide bonds. The lowest BCUT2D eigenvalue weighted by Crippen LogP contribution is -2.89. The SMILES string of the molecule is N[NH2+]P(=O)(c1ccccc1)c1ccccc1. The summed E-state index contributed by atoms with van der Waals surface area (Å²) >= 11 is 0. The molecule has 16 heavy (non-hydrogen) atoms. The van der Waals surface area contributed by atoms with Gasteiger partial charge in [-0.2, -0.15) is 5.84 Å². The fourth-order valence-corrected chi connectivity index (χ4v) is 3.49. The molecule has 0 heterocycles. The summed E-state index contributed by atoms with van der Waals surface area (Å²) in [6.45, 7) is 0. The van der Waals surface area contributed by atoms with E-state index < -0.39 is 7.29 Å². The standard InChI is InChI=1S/C12H13N2OP/c13-14-16(15,11-7-3-1-4-8-11)12-9-5-2-6-10-12/h1-10H,13H2,(H,14,15)/p+1. The van der Waals surface area contributed by atoms with E-state index in [2.05, 4.69) is 0 Å². The quantitative estimate of drug-likeness (QED) is 0.456. The van der Waals surface area contributed by atoms with Gasteiger partial charge in [-0.3, -0.25) is 0 Å². The van der Waals surface area contributed by atoms with Crippen molar-refractivity contribution in [2.24, 2.45) is 5.84 Å². The van der Waals surface area contributed by atoms with Crippen LogP contribution in [0, 0.1) is 0 Å². The van der Waals surface area contributed by atoms with Gasteiger partial charge < -0.3 is 0 Å². The van der Waals surface area contributed by atoms with Crippen molar-refractivity contribution in [2.75, 3.05) is 0 Å². The predicted octanol–water partition coefficient (Wildman–Crippen LogP) is 0.353. The van der Waals surface area contributed by atoms with Gasteiger partial charge in [0.1, 0.15) is 0 Å². The fraction of sp³-hybridized carbons (Fsp3) is 0. The summed E-state index contributed by atoms with van der Waals surface area (Å²) < 4.78 is 12.8. The van der Waals surface area contributed by atoms with Gasteiger partial charge >= 0.3 is 7.29 Å². The van der Waals surface area contributed by atoms with E-state index in [0.717, 1.165) is 10.6 Å². The lowest BCUT2D eigenvalue weighted by Gasteiger charge is -2.12. The molecule has 0 saturated heterocycles. The Morgan fingerprint density at radius 1 is 0.812 bits per heavy atom. The van der Waals surface area contributed by atoms with Crippen molar-refractivity contribution in [2.45, 2.75) is 0 Å². The molecule has 0 unspecified atom stereocenters. The Kier molecular flexibility index (Phi) is 3.20. The third-order valence-electron chi connectivity index (χ3n) is 2.49. The highest BCUT2D eigenvalue weighted by Crippen LogP contribution is 2.30. The first-order valence-electron chi connectivity index (χ1n) is 5.04. The molecular weight excluding hydrogens is 219 g/mol. The Balaban J connectivity index is 2.54. The van der Waals surface area contributed by atoms with Crippen LogP contribution in [-0.2, 0) is 4.57 Å². The average molecular weight is 233 g/mol. The van der Waals surface area contributed by atoms with Crippen molar-refractivity contribution < 1.29 is 9.76 Å². The largest absolute Gasteiger partial charge is 0.321 e. The molecule has 0 spiro atoms. The highest BCUT2D eigenvalue weighted by Gasteiger charge is 2.30. The van der Waals surface area contributed by atoms with Crippen LogP contribution in [0.5, 0.6) is 0 Å². The van der Waals surface area contributed by atoms with Gasteiger partial charge in [0.25, 0.3) is 0 Å². The Bertz CT molecular complexity index is 455. The number of hydrogen-bond donors (Lipinski definition) is 2. The van der Waals surface area contributed by atoms with Crippen LogP contribution in [0.1, 0.15) is 0 Å². The zero-order chi connectivity index (χ0) is 11.4. The molecule has 0 saturated carbocycles. The molecule has 3 nitrogen and oxygen atoms in total. The zero-order valence-electron chi connectivity index (χ0n) is 8.78. The van der Waals surface area contributed by atoms with E-state index in [-0.39, 0.29) is 0 Å². The Morgan fingerprint density at radius 3 is 1.50 bits per heavy atom. The van der Waals surface area contributed by atoms with Crippen molar-refractivity contribution in [1.29, 1.82) is 0 Å². The summed E-state index contributed by atoms with van der Waals surface area (Å²) in [6, 6.07) is 18.7. The van der Waals surface area contributed by atoms with Crippen LogP contribution in [0.2, 0.25) is 0 Å². The van der Waals surface area contributed by atoms with Crippen LogP contribution >= 0.6 is 7.29 Å². The van der Waals surface area contributed by atoms with Gasteiger partial charge in [0, 0.05) is 0 Å². The molecule has 82 valence electrons. The van der Waals surface area contributed by atoms with E-state index in [0.29, 0.717) is 0 Å². The number of rotatable bonds is 3. The molecule has 0 bridgehead atoms. The summed E-state index contributed by atoms with van der Waals surface area (Å²) in [5.41, 5.74) is 0. The molecule has 0 aromatic heterocycles. The summed E-state index contributed by atoms with van der Waals surface area (Å²) in [4.78, 5) is 0. The summed E-state index contributed by atoms with van der Waals surface area (Å²) in [5, 5.41) is 2.85. The highest BCUT2D eigenvalue weighted by molar-refractivity contribution is 7.72. The van der Waals surface area contributed by atoms with Crippen molar-refractivity contribution in [3.8, 4) is 0 Å². The maximum absolute atomic E-state index is 12.8. The summed E-state index contributed by atoms with van der Waals surface area (Å²) in [5.74, 6) is 5.58. The molecule has 2 rings (SSSR count). The van der Waals surface area contributed by atoms with Gasteiger partial charge in [-0.15, -0.1) is 0 Å². The molecule has 0 aliphatic rings. The Morgan fingerprint density at radius 2 is 1.19 bits per heavy atom. The first kappa shape index (κ1) is 11.1. The maximum Gasteiger partial charge on any atom is 0.321 e. The molecule has 2 aromatic carbocycles. The van der Waals surface area contributed by atoms with Crippen molar-refractivity contribution in [3.05, 3.63) is 60.7 Å². The maximum atomic E-state index is 12.8. The lowest BCUT2D eigenvalue weighted by molar-refractivity contribution is -0.513. The van der Waals surface area contributed by atoms with E-state index >= 15 is 0 Å². The summed E-state index contributed by atoms with van der Waals surface area (Å²) in [6.07, 6.45) is 0. The van der Waals surface area contributed by atoms with E-state index in [9.17, 15) is 4.57 Å². The van der Waals surface area contributed by atoms with Crippen LogP contribution in [-0.4, -0.2) is 0 Å². The zero-order valence-corrected chi connectivity index (χ0v) is 9.68. The normalized spacial score (nSPS) is 11.3. The highest BCUT2D eigenvalue weighted by atomic mass is 31.2. The van der Waals surface area contributed by atoms with E-state index in [1.54, 1.807) is 0 Å². The number of hydrogen-bond acceptors (Lipinski definition) is 2. The number of nitrogens with two attached hydrogens (primary N) is 2. The van der Waals surface area contributed by atoms with Gasteiger partial charge in [0.2, 0.25) is 0 Å². The molecule has 0 aliphatic carbocycles. The fourth-order valence-electron chi connectivity index (χ4n) is 1.62. The number of quaternary nitrogens is 1. The predicted molar refractivity (Wildman–Crippen MR) is 65.9 cm³/mol. The lowest BCUT2D eigenvalue weighted by atomic mass is 10.4. The van der Waals surface area contributed by atoms with Gasteiger partial charge in [-0.05, 0) is 24.3 Å². The van der Waals surface area contributed by atoms with Gasteiger partial charge in [0.15, 0.2) is 0 Å². The van der Waals surface area contributed by atoms with Crippen molar-refractivity contribution >= 4 is 17.9 Å². The van der Waals surface area contributed by atoms with E-state index in [1.165, 1.54) is 5.20 Å². The van der Waals surface area contributed by atoms with Gasteiger partial charge in [-0.1, -0.05) is 36.4 Å². The minimum atomic E-state index is -2.75. The second-order valence-electron chi connectivity index (χ2n) is 3.48. The molecule has 0 radical (unpaired) electrons. The van der Waals surface area contributed by atoms with Crippen molar-refractivity contribution in [3.63, 3.8) is 0 Å². The van der Waals surface area contributed by atoms with Crippen LogP contribution in [0.15, 0.2) is 60.7 Å². The van der Waals surface area contributed by atoms with Crippen LogP contribution < -0.4 is 21.6 Å². The molecule has 0 atom stereocenters. The van der Waals surface area contributed by atoms with E-state index in [4.69, 9.17) is 5.84 Å². The van der Waals surface area contributed by atoms with Gasteiger partial charge in [-0.25, -0.2) is 9.76 Å². The van der Waals surface area contributed by atoms with Crippen LogP contribution in [0.25, 0.3) is 0 Å². The van der Waals surface area contributed by atoms with Crippen molar-refractivity contribution in [1.82, 2.24) is 0 Å². The smallest absolute Gasteiger partial charge is 0.247 e.